The smallest absolute Gasteiger partial charge is 0.145 e. The Hall–Kier alpha value is -7.21. The standard InChI is InChI=1S/C51H32N2/c1-4-17-37(18-5-1)49-50(38-19-6-2-7-20-38)53(51(52-49)39-21-8-3-9-22-39)42-32-30-36(31-33-42)47-43-24-12-14-26-45(43)48(46-27-15-13-25-44(46)47)41-29-28-35-16-10-11-23-40(35)34-41/h2-4,6-34H. The third-order valence-electron chi connectivity index (χ3n) is 10.3. The lowest BCUT2D eigenvalue weighted by Gasteiger charge is -2.19. The van der Waals surface area contributed by atoms with Gasteiger partial charge in [-0.3, -0.25) is 4.57 Å². The van der Waals surface area contributed by atoms with Crippen LogP contribution in [0, 0.1) is 12.1 Å². The molecule has 0 unspecified atom stereocenters. The Balaban J connectivity index is 1.19. The summed E-state index contributed by atoms with van der Waals surface area (Å²) in [6, 6.07) is 75.3. The first-order chi connectivity index (χ1) is 26.3. The second kappa shape index (κ2) is 12.8. The van der Waals surface area contributed by atoms with Gasteiger partial charge in [-0.25, -0.2) is 4.98 Å². The molecule has 10 aromatic rings. The third-order valence-corrected chi connectivity index (χ3v) is 10.3. The van der Waals surface area contributed by atoms with Crippen LogP contribution < -0.4 is 0 Å². The van der Waals surface area contributed by atoms with Crippen molar-refractivity contribution in [2.24, 2.45) is 0 Å². The van der Waals surface area contributed by atoms with Crippen LogP contribution in [0.15, 0.2) is 194 Å². The van der Waals surface area contributed by atoms with E-state index < -0.39 is 0 Å². The summed E-state index contributed by atoms with van der Waals surface area (Å²) in [7, 11) is 0. The largest absolute Gasteiger partial charge is 0.292 e. The molecule has 246 valence electrons. The van der Waals surface area contributed by atoms with Crippen LogP contribution in [0.2, 0.25) is 0 Å². The Kier molecular flexibility index (Phi) is 7.41. The summed E-state index contributed by atoms with van der Waals surface area (Å²) in [5, 5.41) is 7.45. The number of fused-ring (bicyclic) bond motifs is 3. The molecule has 0 N–H and O–H groups in total. The topological polar surface area (TPSA) is 17.8 Å². The predicted molar refractivity (Wildman–Crippen MR) is 221 cm³/mol. The van der Waals surface area contributed by atoms with Crippen molar-refractivity contribution in [3.63, 3.8) is 0 Å². The maximum atomic E-state index is 5.35. The van der Waals surface area contributed by atoms with Gasteiger partial charge in [-0.05, 0) is 91.0 Å². The van der Waals surface area contributed by atoms with E-state index in [0.29, 0.717) is 0 Å². The Labute approximate surface area is 308 Å². The summed E-state index contributed by atoms with van der Waals surface area (Å²) in [5.41, 5.74) is 11.0. The maximum Gasteiger partial charge on any atom is 0.145 e. The highest BCUT2D eigenvalue weighted by atomic mass is 15.1. The molecule has 0 saturated heterocycles. The van der Waals surface area contributed by atoms with Crippen molar-refractivity contribution in [1.82, 2.24) is 9.55 Å². The monoisotopic (exact) mass is 672 g/mol. The Morgan fingerprint density at radius 1 is 0.396 bits per heavy atom. The molecular formula is C51H32N2. The zero-order valence-electron chi connectivity index (χ0n) is 28.9. The second-order valence-corrected chi connectivity index (χ2v) is 13.4. The number of hydrogen-bond donors (Lipinski definition) is 0. The van der Waals surface area contributed by atoms with Crippen LogP contribution in [-0.4, -0.2) is 9.55 Å². The molecule has 9 aromatic carbocycles. The van der Waals surface area contributed by atoms with Gasteiger partial charge in [0.05, 0.1) is 11.4 Å². The summed E-state index contributed by atoms with van der Waals surface area (Å²) in [6.45, 7) is 0. The lowest BCUT2D eigenvalue weighted by molar-refractivity contribution is 1.07. The van der Waals surface area contributed by atoms with E-state index in [0.717, 1.165) is 39.6 Å². The molecule has 10 rings (SSSR count). The van der Waals surface area contributed by atoms with Gasteiger partial charge in [-0.15, -0.1) is 0 Å². The molecule has 0 aliphatic carbocycles. The van der Waals surface area contributed by atoms with E-state index in [4.69, 9.17) is 4.98 Å². The molecule has 0 spiro atoms. The average Bonchev–Trinajstić information content (AvgIpc) is 3.64. The molecule has 0 fully saturated rings. The van der Waals surface area contributed by atoms with E-state index in [-0.39, 0.29) is 0 Å². The number of hydrogen-bond acceptors (Lipinski definition) is 1. The van der Waals surface area contributed by atoms with E-state index in [9.17, 15) is 0 Å². The van der Waals surface area contributed by atoms with Crippen LogP contribution in [0.5, 0.6) is 0 Å². The van der Waals surface area contributed by atoms with Crippen LogP contribution in [-0.2, 0) is 0 Å². The van der Waals surface area contributed by atoms with E-state index in [2.05, 4.69) is 193 Å². The van der Waals surface area contributed by atoms with Crippen molar-refractivity contribution < 1.29 is 0 Å². The molecule has 0 radical (unpaired) electrons. The number of benzene rings is 8. The first-order valence-corrected chi connectivity index (χ1v) is 18.0. The zero-order chi connectivity index (χ0) is 35.1. The maximum absolute atomic E-state index is 5.35. The van der Waals surface area contributed by atoms with Crippen LogP contribution in [0.1, 0.15) is 0 Å². The fourth-order valence-electron chi connectivity index (χ4n) is 7.88. The molecule has 2 heteroatoms. The molecule has 0 atom stereocenters. The molecular weight excluding hydrogens is 641 g/mol. The quantitative estimate of drug-likeness (QED) is 0.161. The van der Waals surface area contributed by atoms with E-state index in [1.54, 1.807) is 0 Å². The Morgan fingerprint density at radius 2 is 0.943 bits per heavy atom. The summed E-state index contributed by atoms with van der Waals surface area (Å²) in [5.74, 6) is 0.885. The lowest BCUT2D eigenvalue weighted by Crippen LogP contribution is -2.00. The Bertz CT molecular complexity index is 2850. The minimum absolute atomic E-state index is 0.885. The molecule has 0 aliphatic rings. The summed E-state index contributed by atoms with van der Waals surface area (Å²) in [4.78, 5) is 5.35. The normalized spacial score (nSPS) is 11.2. The predicted octanol–water partition coefficient (Wildman–Crippen LogP) is 13.3. The molecule has 53 heavy (non-hydrogen) atoms. The lowest BCUT2D eigenvalue weighted by atomic mass is 9.85. The van der Waals surface area contributed by atoms with E-state index in [1.165, 1.54) is 54.6 Å². The molecule has 0 aliphatic heterocycles. The summed E-state index contributed by atoms with van der Waals surface area (Å²) >= 11 is 0. The number of aromatic nitrogens is 2. The number of nitrogens with zero attached hydrogens (tertiary/aromatic N) is 2. The van der Waals surface area contributed by atoms with Crippen LogP contribution >= 0.6 is 0 Å². The minimum Gasteiger partial charge on any atom is -0.292 e. The van der Waals surface area contributed by atoms with Gasteiger partial charge in [0.1, 0.15) is 5.82 Å². The highest BCUT2D eigenvalue weighted by molar-refractivity contribution is 6.21. The van der Waals surface area contributed by atoms with Gasteiger partial charge in [-0.2, -0.15) is 0 Å². The van der Waals surface area contributed by atoms with Gasteiger partial charge >= 0.3 is 0 Å². The second-order valence-electron chi connectivity index (χ2n) is 13.4. The van der Waals surface area contributed by atoms with Crippen molar-refractivity contribution in [3.05, 3.63) is 206 Å². The summed E-state index contributed by atoms with van der Waals surface area (Å²) in [6.07, 6.45) is 0. The molecule has 1 heterocycles. The Morgan fingerprint density at radius 3 is 1.57 bits per heavy atom. The van der Waals surface area contributed by atoms with Crippen LogP contribution in [0.3, 0.4) is 0 Å². The SMILES string of the molecule is c1ccc(-c2nc(-c3ccccc3)n(-c3ccc(-c4c5ccccc5c(-c5ccc6ccccc6c5)c5ccccc45)cc3)c2-c2ccccc2)cc#1. The van der Waals surface area contributed by atoms with Crippen molar-refractivity contribution in [2.45, 2.75) is 0 Å². The fraction of sp³-hybridized carbons (Fsp3) is 0. The zero-order valence-corrected chi connectivity index (χ0v) is 28.9. The van der Waals surface area contributed by atoms with Gasteiger partial charge in [0.25, 0.3) is 0 Å². The molecule has 2 nitrogen and oxygen atoms in total. The first-order valence-electron chi connectivity index (χ1n) is 18.0. The van der Waals surface area contributed by atoms with Crippen LogP contribution in [0.4, 0.5) is 0 Å². The van der Waals surface area contributed by atoms with E-state index in [1.807, 2.05) is 18.2 Å². The van der Waals surface area contributed by atoms with Gasteiger partial charge in [-0.1, -0.05) is 170 Å². The van der Waals surface area contributed by atoms with Crippen molar-refractivity contribution in [2.75, 3.05) is 0 Å². The number of rotatable bonds is 6. The fourth-order valence-corrected chi connectivity index (χ4v) is 7.88. The third kappa shape index (κ3) is 5.27. The van der Waals surface area contributed by atoms with Gasteiger partial charge in [0.15, 0.2) is 0 Å². The summed E-state index contributed by atoms with van der Waals surface area (Å²) < 4.78 is 2.31. The molecule has 0 bridgehead atoms. The highest BCUT2D eigenvalue weighted by Crippen LogP contribution is 2.45. The highest BCUT2D eigenvalue weighted by Gasteiger charge is 2.23. The van der Waals surface area contributed by atoms with Gasteiger partial charge in [0, 0.05) is 22.4 Å². The minimum atomic E-state index is 0.885. The number of imidazole rings is 1. The molecule has 1 aromatic heterocycles. The van der Waals surface area contributed by atoms with Crippen molar-refractivity contribution in [3.8, 4) is 61.8 Å². The molecule has 0 saturated carbocycles. The van der Waals surface area contributed by atoms with Crippen LogP contribution in [0.25, 0.3) is 94.2 Å². The van der Waals surface area contributed by atoms with Crippen molar-refractivity contribution >= 4 is 32.3 Å². The van der Waals surface area contributed by atoms with Gasteiger partial charge < -0.3 is 0 Å². The van der Waals surface area contributed by atoms with E-state index >= 15 is 0 Å². The van der Waals surface area contributed by atoms with Gasteiger partial charge in [0.2, 0.25) is 0 Å². The average molecular weight is 673 g/mol. The molecule has 0 amide bonds. The first kappa shape index (κ1) is 30.6. The van der Waals surface area contributed by atoms with Crippen molar-refractivity contribution in [1.29, 1.82) is 0 Å².